The number of ether oxygens (including phenoxy) is 1. The summed E-state index contributed by atoms with van der Waals surface area (Å²) in [5.41, 5.74) is 0.928. The number of oxime groups is 1. The maximum atomic E-state index is 12.8. The summed E-state index contributed by atoms with van der Waals surface area (Å²) >= 11 is 5.88. The minimum Gasteiger partial charge on any atom is -0.456 e. The van der Waals surface area contributed by atoms with Gasteiger partial charge < -0.3 is 14.4 Å². The SMILES string of the molecule is CON=CC(NOC(C)=O)c1cc(Oc2ccc(C(F)(F)F)cc2Cl)ccc1[N+](=O)[O-]. The van der Waals surface area contributed by atoms with E-state index in [2.05, 4.69) is 20.3 Å². The van der Waals surface area contributed by atoms with Gasteiger partial charge in [0, 0.05) is 13.0 Å². The number of halogens is 4. The number of alkyl halides is 3. The summed E-state index contributed by atoms with van der Waals surface area (Å²) in [6.45, 7) is 1.11. The van der Waals surface area contributed by atoms with Gasteiger partial charge >= 0.3 is 12.1 Å². The fraction of sp³-hybridized carbons (Fsp3) is 0.222. The fourth-order valence-corrected chi connectivity index (χ4v) is 2.56. The lowest BCUT2D eigenvalue weighted by Crippen LogP contribution is -2.26. The molecule has 0 fully saturated rings. The number of hydrogen-bond acceptors (Lipinski definition) is 8. The van der Waals surface area contributed by atoms with Gasteiger partial charge in [-0.3, -0.25) is 14.9 Å². The highest BCUT2D eigenvalue weighted by Gasteiger charge is 2.31. The van der Waals surface area contributed by atoms with Crippen LogP contribution in [0.1, 0.15) is 24.1 Å². The molecule has 1 N–H and O–H groups in total. The number of nitrogens with zero attached hydrogens (tertiary/aromatic N) is 2. The number of rotatable bonds is 8. The Morgan fingerprint density at radius 2 is 2.00 bits per heavy atom. The first-order valence-corrected chi connectivity index (χ1v) is 8.73. The van der Waals surface area contributed by atoms with Crippen LogP contribution in [0.4, 0.5) is 18.9 Å². The molecule has 0 aromatic heterocycles. The Kier molecular flexibility index (Phi) is 7.78. The molecule has 0 aliphatic carbocycles. The van der Waals surface area contributed by atoms with Crippen molar-refractivity contribution in [2.75, 3.05) is 7.11 Å². The van der Waals surface area contributed by atoms with E-state index in [0.717, 1.165) is 31.3 Å². The maximum absolute atomic E-state index is 12.8. The van der Waals surface area contributed by atoms with Crippen molar-refractivity contribution in [2.45, 2.75) is 19.1 Å². The van der Waals surface area contributed by atoms with E-state index in [1.807, 2.05) is 0 Å². The van der Waals surface area contributed by atoms with Crippen molar-refractivity contribution in [2.24, 2.45) is 5.16 Å². The normalized spacial score (nSPS) is 12.5. The van der Waals surface area contributed by atoms with E-state index in [0.29, 0.717) is 6.07 Å². The molecule has 0 aliphatic heterocycles. The van der Waals surface area contributed by atoms with E-state index in [1.165, 1.54) is 19.2 Å². The van der Waals surface area contributed by atoms with Gasteiger partial charge in [-0.15, -0.1) is 5.48 Å². The highest BCUT2D eigenvalue weighted by molar-refractivity contribution is 6.32. The maximum Gasteiger partial charge on any atom is 0.416 e. The van der Waals surface area contributed by atoms with Crippen LogP contribution in [0.5, 0.6) is 11.5 Å². The molecule has 9 nitrogen and oxygen atoms in total. The second-order valence-corrected chi connectivity index (χ2v) is 6.26. The van der Waals surface area contributed by atoms with Crippen molar-refractivity contribution in [3.8, 4) is 11.5 Å². The summed E-state index contributed by atoms with van der Waals surface area (Å²) in [5, 5.41) is 14.6. The zero-order valence-corrected chi connectivity index (χ0v) is 16.7. The first kappa shape index (κ1) is 23.9. The lowest BCUT2D eigenvalue weighted by atomic mass is 10.1. The van der Waals surface area contributed by atoms with Gasteiger partial charge in [-0.25, -0.2) is 0 Å². The summed E-state index contributed by atoms with van der Waals surface area (Å²) < 4.78 is 43.9. The third kappa shape index (κ3) is 6.55. The van der Waals surface area contributed by atoms with Crippen molar-refractivity contribution in [3.05, 3.63) is 62.7 Å². The van der Waals surface area contributed by atoms with Crippen LogP contribution in [0, 0.1) is 10.1 Å². The molecule has 31 heavy (non-hydrogen) atoms. The van der Waals surface area contributed by atoms with Gasteiger partial charge in [-0.05, 0) is 30.3 Å². The molecule has 0 heterocycles. The van der Waals surface area contributed by atoms with Crippen LogP contribution >= 0.6 is 11.6 Å². The molecule has 0 saturated heterocycles. The number of nitro groups is 1. The van der Waals surface area contributed by atoms with Crippen LogP contribution in [0.3, 0.4) is 0 Å². The third-order valence-electron chi connectivity index (χ3n) is 3.66. The van der Waals surface area contributed by atoms with Gasteiger partial charge in [0.05, 0.1) is 27.3 Å². The molecule has 1 unspecified atom stereocenters. The topological polar surface area (TPSA) is 112 Å². The predicted molar refractivity (Wildman–Crippen MR) is 103 cm³/mol. The first-order chi connectivity index (χ1) is 14.5. The van der Waals surface area contributed by atoms with Gasteiger partial charge in [-0.2, -0.15) is 13.2 Å². The van der Waals surface area contributed by atoms with Crippen molar-refractivity contribution in [1.29, 1.82) is 0 Å². The molecular weight excluding hydrogens is 447 g/mol. The number of carbonyl (C=O) groups is 1. The van der Waals surface area contributed by atoms with Gasteiger partial charge in [0.25, 0.3) is 5.69 Å². The number of nitrogens with one attached hydrogen (secondary N) is 1. The highest BCUT2D eigenvalue weighted by Crippen LogP contribution is 2.37. The molecular formula is C18H15ClF3N3O6. The summed E-state index contributed by atoms with van der Waals surface area (Å²) in [6.07, 6.45) is -3.49. The fourth-order valence-electron chi connectivity index (χ4n) is 2.34. The number of hydroxylamine groups is 1. The molecule has 0 bridgehead atoms. The second-order valence-electron chi connectivity index (χ2n) is 5.85. The Balaban J connectivity index is 2.43. The average molecular weight is 462 g/mol. The molecule has 2 aromatic carbocycles. The molecule has 2 aromatic rings. The smallest absolute Gasteiger partial charge is 0.416 e. The lowest BCUT2D eigenvalue weighted by Gasteiger charge is -2.16. The summed E-state index contributed by atoms with van der Waals surface area (Å²) in [6, 6.07) is 4.93. The standard InChI is InChI=1S/C18H15ClF3N3O6/c1-10(26)31-24-15(9-23-29-2)13-8-12(4-5-16(13)25(27)28)30-17-6-3-11(7-14(17)19)18(20,21)22/h3-9,15,24H,1-2H3. The lowest BCUT2D eigenvalue weighted by molar-refractivity contribution is -0.385. The third-order valence-corrected chi connectivity index (χ3v) is 3.96. The van der Waals surface area contributed by atoms with Gasteiger partial charge in [-0.1, -0.05) is 16.8 Å². The van der Waals surface area contributed by atoms with Crippen molar-refractivity contribution in [1.82, 2.24) is 5.48 Å². The van der Waals surface area contributed by atoms with Crippen LogP contribution in [0.2, 0.25) is 5.02 Å². The molecule has 0 radical (unpaired) electrons. The van der Waals surface area contributed by atoms with Crippen LogP contribution in [-0.2, 0) is 20.6 Å². The van der Waals surface area contributed by atoms with Gasteiger partial charge in [0.1, 0.15) is 24.7 Å². The van der Waals surface area contributed by atoms with Gasteiger partial charge in [0.2, 0.25) is 0 Å². The Labute approximate surface area is 178 Å². The van der Waals surface area contributed by atoms with E-state index in [9.17, 15) is 28.1 Å². The predicted octanol–water partition coefficient (Wildman–Crippen LogP) is 4.80. The largest absolute Gasteiger partial charge is 0.456 e. The summed E-state index contributed by atoms with van der Waals surface area (Å²) in [7, 11) is 1.24. The average Bonchev–Trinajstić information content (AvgIpc) is 2.68. The minimum absolute atomic E-state index is 0.0164. The monoisotopic (exact) mass is 461 g/mol. The second kappa shape index (κ2) is 10.1. The number of benzene rings is 2. The first-order valence-electron chi connectivity index (χ1n) is 8.35. The highest BCUT2D eigenvalue weighted by atomic mass is 35.5. The molecule has 2 rings (SSSR count). The summed E-state index contributed by atoms with van der Waals surface area (Å²) in [5.74, 6) is -0.811. The number of carbonyl (C=O) groups excluding carboxylic acids is 1. The van der Waals surface area contributed by atoms with Crippen LogP contribution in [0.15, 0.2) is 41.6 Å². The van der Waals surface area contributed by atoms with Gasteiger partial charge in [0.15, 0.2) is 0 Å². The molecule has 0 amide bonds. The zero-order valence-electron chi connectivity index (χ0n) is 16.0. The van der Waals surface area contributed by atoms with Crippen molar-refractivity contribution in [3.63, 3.8) is 0 Å². The quantitative estimate of drug-likeness (QED) is 0.341. The van der Waals surface area contributed by atoms with Crippen LogP contribution < -0.4 is 10.2 Å². The van der Waals surface area contributed by atoms with Crippen molar-refractivity contribution < 1.29 is 37.3 Å². The number of nitro benzene ring substituents is 1. The van der Waals surface area contributed by atoms with E-state index in [1.54, 1.807) is 0 Å². The Morgan fingerprint density at radius 3 is 2.55 bits per heavy atom. The van der Waals surface area contributed by atoms with E-state index < -0.39 is 28.7 Å². The Morgan fingerprint density at radius 1 is 1.29 bits per heavy atom. The number of hydrogen-bond donors (Lipinski definition) is 1. The Bertz CT molecular complexity index is 1000. The molecule has 0 spiro atoms. The Hall–Kier alpha value is -3.38. The van der Waals surface area contributed by atoms with Crippen LogP contribution in [-0.4, -0.2) is 24.2 Å². The van der Waals surface area contributed by atoms with Crippen molar-refractivity contribution >= 4 is 29.5 Å². The van der Waals surface area contributed by atoms with Crippen LogP contribution in [0.25, 0.3) is 0 Å². The van der Waals surface area contributed by atoms with E-state index in [4.69, 9.17) is 16.3 Å². The minimum atomic E-state index is -4.58. The molecule has 0 saturated carbocycles. The summed E-state index contributed by atoms with van der Waals surface area (Å²) in [4.78, 5) is 31.1. The zero-order chi connectivity index (χ0) is 23.2. The molecule has 1 atom stereocenters. The molecule has 13 heteroatoms. The molecule has 0 aliphatic rings. The van der Waals surface area contributed by atoms with E-state index in [-0.39, 0.29) is 27.8 Å². The molecule has 166 valence electrons. The van der Waals surface area contributed by atoms with E-state index >= 15 is 0 Å².